The second kappa shape index (κ2) is 15.2. The molecule has 0 saturated carbocycles. The zero-order valence-electron chi connectivity index (χ0n) is 30.7. The first-order chi connectivity index (χ1) is 27.6. The fourth-order valence-corrected chi connectivity index (χ4v) is 48.7. The molecule has 1 saturated heterocycles. The van der Waals surface area contributed by atoms with E-state index in [2.05, 4.69) is 250 Å². The fraction of sp³-hybridized carbons (Fsp3) is 0. The van der Waals surface area contributed by atoms with Gasteiger partial charge in [0, 0.05) is 0 Å². The number of nitrogens with zero attached hydrogens (tertiary/aromatic N) is 2. The van der Waals surface area contributed by atoms with Gasteiger partial charge >= 0.3 is 0 Å². The molecule has 9 rings (SSSR count). The van der Waals surface area contributed by atoms with Gasteiger partial charge in [-0.05, 0) is 41.5 Å². The molecule has 0 aromatic heterocycles. The highest BCUT2D eigenvalue weighted by molar-refractivity contribution is 7.51. The smallest absolute Gasteiger partial charge is 0.281 e. The molecule has 0 atom stereocenters. The van der Waals surface area contributed by atoms with E-state index in [1.165, 1.54) is 20.7 Å². The van der Waals surface area contributed by atoms with Crippen LogP contribution < -0.4 is 41.5 Å². The summed E-state index contributed by atoms with van der Waals surface area (Å²) in [6.45, 7) is 0. The predicted molar refractivity (Wildman–Crippen MR) is 247 cm³/mol. The second-order valence-electron chi connectivity index (χ2n) is 14.2. The van der Waals surface area contributed by atoms with Crippen molar-refractivity contribution in [2.45, 2.75) is 0 Å². The number of hydrogen-bond donors (Lipinski definition) is 0. The first-order valence-electron chi connectivity index (χ1n) is 19.0. The summed E-state index contributed by atoms with van der Waals surface area (Å²) in [5.74, 6) is 0. The summed E-state index contributed by atoms with van der Waals surface area (Å²) in [7, 11) is -13.9. The average molecular weight is 828 g/mol. The largest absolute Gasteiger partial charge is 0.311 e. The van der Waals surface area contributed by atoms with Crippen LogP contribution in [0.4, 0.5) is 0 Å². The Hall–Kier alpha value is -4.87. The van der Waals surface area contributed by atoms with Crippen molar-refractivity contribution in [3.63, 3.8) is 0 Å². The molecule has 56 heavy (non-hydrogen) atoms. The first-order valence-corrected chi connectivity index (χ1v) is 28.7. The van der Waals surface area contributed by atoms with Crippen molar-refractivity contribution in [1.82, 2.24) is 7.79 Å². The minimum atomic E-state index is -3.49. The third-order valence-corrected chi connectivity index (χ3v) is 41.1. The van der Waals surface area contributed by atoms with Crippen molar-refractivity contribution in [3.8, 4) is 0 Å². The quantitative estimate of drug-likeness (QED) is 0.122. The van der Waals surface area contributed by atoms with Crippen LogP contribution in [-0.2, 0) is 0 Å². The van der Waals surface area contributed by atoms with Crippen LogP contribution >= 0.6 is 22.2 Å². The Labute approximate surface area is 343 Å². The van der Waals surface area contributed by atoms with Gasteiger partial charge in [-0.25, -0.2) is 0 Å². The van der Waals surface area contributed by atoms with Crippen LogP contribution in [0, 0.1) is 0 Å². The Kier molecular flexibility index (Phi) is 9.99. The molecule has 8 aromatic carbocycles. The van der Waals surface area contributed by atoms with Crippen molar-refractivity contribution >= 4 is 95.5 Å². The minimum Gasteiger partial charge on any atom is -0.311 e. The summed E-state index contributed by atoms with van der Waals surface area (Å²) in [6.07, 6.45) is 0. The van der Waals surface area contributed by atoms with Gasteiger partial charge in [-0.3, -0.25) is 0 Å². The van der Waals surface area contributed by atoms with Gasteiger partial charge in [0.2, 0.25) is 0 Å². The Balaban J connectivity index is 1.57. The van der Waals surface area contributed by atoms with E-state index < -0.39 is 31.9 Å². The monoisotopic (exact) mass is 826 g/mol. The molecule has 1 heterocycles. The van der Waals surface area contributed by atoms with Crippen molar-refractivity contribution in [2.24, 2.45) is 0 Å². The third kappa shape index (κ3) is 5.55. The summed E-state index contributed by atoms with van der Waals surface area (Å²) in [6, 6.07) is 88.5. The van der Waals surface area contributed by atoms with Gasteiger partial charge < -0.3 is 7.79 Å². The Morgan fingerprint density at radius 1 is 0.250 bits per heavy atom. The summed E-state index contributed by atoms with van der Waals surface area (Å²) in [5.41, 5.74) is 0. The van der Waals surface area contributed by atoms with Crippen LogP contribution in [0.3, 0.4) is 0 Å². The highest BCUT2D eigenvalue weighted by Crippen LogP contribution is 2.47. The second-order valence-corrected chi connectivity index (χ2v) is 32.6. The molecular formula is C48H40Cl2N2Si4. The lowest BCUT2D eigenvalue weighted by molar-refractivity contribution is 0.683. The lowest BCUT2D eigenvalue weighted by Gasteiger charge is -2.77. The molecule has 0 amide bonds. The molecular weight excluding hydrogens is 788 g/mol. The van der Waals surface area contributed by atoms with Crippen LogP contribution in [0.2, 0.25) is 0 Å². The van der Waals surface area contributed by atoms with E-state index >= 15 is 0 Å². The van der Waals surface area contributed by atoms with E-state index in [0.29, 0.717) is 0 Å². The van der Waals surface area contributed by atoms with Gasteiger partial charge in [0.05, 0.1) is 0 Å². The van der Waals surface area contributed by atoms with Gasteiger partial charge in [0.15, 0.2) is 0 Å². The molecule has 1 fully saturated rings. The van der Waals surface area contributed by atoms with E-state index in [9.17, 15) is 0 Å². The SMILES string of the molecule is Cl[Si](c1ccccc1)(c1ccccc1)N1[Si](c2ccccc2)(c2ccccc2)N([Si](Cl)(c2ccccc2)c2ccccc2)[Si]1(c1ccccc1)c1ccccc1. The zero-order chi connectivity index (χ0) is 38.1. The van der Waals surface area contributed by atoms with Crippen molar-refractivity contribution < 1.29 is 0 Å². The van der Waals surface area contributed by atoms with E-state index in [0.717, 1.165) is 20.7 Å². The van der Waals surface area contributed by atoms with Crippen molar-refractivity contribution in [1.29, 1.82) is 0 Å². The molecule has 0 radical (unpaired) electrons. The Bertz CT molecular complexity index is 2160. The van der Waals surface area contributed by atoms with Gasteiger partial charge in [-0.15, -0.1) is 22.2 Å². The molecule has 2 nitrogen and oxygen atoms in total. The standard InChI is InChI=1S/C48H40Cl2N2Si4/c49-53(41-25-9-1-10-26-41,42-27-11-2-12-28-42)51-55(45-33-17-5-18-34-45,46-35-19-6-20-36-46)52(54(50,43-29-13-3-14-30-43)44-31-15-4-16-32-44)56(51,47-37-21-7-22-38-47)48-39-23-8-24-40-48/h1-40H. The van der Waals surface area contributed by atoms with E-state index in [4.69, 9.17) is 22.2 Å². The Morgan fingerprint density at radius 2 is 0.411 bits per heavy atom. The lowest BCUT2D eigenvalue weighted by atomic mass is 10.4. The fourth-order valence-electron chi connectivity index (χ4n) is 9.05. The maximum absolute atomic E-state index is 9.05. The summed E-state index contributed by atoms with van der Waals surface area (Å²) >= 11 is 18.1. The third-order valence-electron chi connectivity index (χ3n) is 11.2. The van der Waals surface area contributed by atoms with Gasteiger partial charge in [-0.1, -0.05) is 243 Å². The van der Waals surface area contributed by atoms with Gasteiger partial charge in [0.25, 0.3) is 31.9 Å². The van der Waals surface area contributed by atoms with E-state index in [1.807, 2.05) is 0 Å². The highest BCUT2D eigenvalue weighted by atomic mass is 35.6. The maximum Gasteiger partial charge on any atom is 0.281 e. The number of rotatable bonds is 10. The summed E-state index contributed by atoms with van der Waals surface area (Å²) < 4.78 is 5.98. The Morgan fingerprint density at radius 3 is 0.589 bits per heavy atom. The molecule has 0 N–H and O–H groups in total. The molecule has 0 spiro atoms. The molecule has 0 bridgehead atoms. The number of benzene rings is 8. The minimum absolute atomic E-state index is 1.15. The van der Waals surface area contributed by atoms with Gasteiger partial charge in [-0.2, -0.15) is 0 Å². The first kappa shape index (κ1) is 36.7. The number of hydrogen-bond acceptors (Lipinski definition) is 2. The van der Waals surface area contributed by atoms with Crippen molar-refractivity contribution in [2.75, 3.05) is 0 Å². The lowest BCUT2D eigenvalue weighted by Crippen LogP contribution is -3.14. The number of halogens is 2. The topological polar surface area (TPSA) is 6.48 Å². The maximum atomic E-state index is 9.05. The molecule has 0 unspecified atom stereocenters. The molecule has 1 aliphatic rings. The van der Waals surface area contributed by atoms with Gasteiger partial charge in [0.1, 0.15) is 0 Å². The summed E-state index contributed by atoms with van der Waals surface area (Å²) in [5, 5.41) is 9.65. The van der Waals surface area contributed by atoms with E-state index in [1.54, 1.807) is 0 Å². The van der Waals surface area contributed by atoms with Crippen LogP contribution in [0.25, 0.3) is 0 Å². The van der Waals surface area contributed by atoms with Crippen molar-refractivity contribution in [3.05, 3.63) is 243 Å². The van der Waals surface area contributed by atoms with Crippen LogP contribution in [0.1, 0.15) is 0 Å². The van der Waals surface area contributed by atoms with E-state index in [-0.39, 0.29) is 0 Å². The van der Waals surface area contributed by atoms with Crippen LogP contribution in [-0.4, -0.2) is 39.7 Å². The average Bonchev–Trinajstić information content (AvgIpc) is 3.29. The molecule has 1 aliphatic heterocycles. The zero-order valence-corrected chi connectivity index (χ0v) is 36.3. The van der Waals surface area contributed by atoms with Crippen LogP contribution in [0.5, 0.6) is 0 Å². The molecule has 0 aliphatic carbocycles. The predicted octanol–water partition coefficient (Wildman–Crippen LogP) is 6.11. The normalized spacial score (nSPS) is 15.5. The molecule has 8 aromatic rings. The summed E-state index contributed by atoms with van der Waals surface area (Å²) in [4.78, 5) is 0. The van der Waals surface area contributed by atoms with Crippen LogP contribution in [0.15, 0.2) is 243 Å². The molecule has 272 valence electrons. The molecule has 8 heteroatoms. The highest BCUT2D eigenvalue weighted by Gasteiger charge is 2.82.